The summed E-state index contributed by atoms with van der Waals surface area (Å²) in [6, 6.07) is 7.33. The normalized spacial score (nSPS) is 10.6. The van der Waals surface area contributed by atoms with E-state index in [0.29, 0.717) is 12.1 Å². The van der Waals surface area contributed by atoms with E-state index in [-0.39, 0.29) is 12.2 Å². The van der Waals surface area contributed by atoms with Crippen LogP contribution in [-0.2, 0) is 4.79 Å². The molecule has 1 aromatic rings. The average molecular weight is 278 g/mol. The van der Waals surface area contributed by atoms with Gasteiger partial charge in [0.2, 0.25) is 0 Å². The molecular weight excluding hydrogens is 256 g/mol. The minimum absolute atomic E-state index is 0.0117. The van der Waals surface area contributed by atoms with Gasteiger partial charge in [-0.15, -0.1) is 0 Å². The highest BCUT2D eigenvalue weighted by Gasteiger charge is 2.10. The molecule has 110 valence electrons. The lowest BCUT2D eigenvalue weighted by Crippen LogP contribution is -2.33. The number of Topliss-reactive ketones (excluding diaryl/α,β-unsaturated/α-hetero) is 1. The molecule has 5 nitrogen and oxygen atoms in total. The number of anilines is 1. The summed E-state index contributed by atoms with van der Waals surface area (Å²) in [7, 11) is 3.95. The number of aliphatic carboxylic acids is 1. The molecule has 1 rings (SSSR count). The SMILES string of the molecule is CC(=O)c1cccc(N(CCC(=O)O)CCN(C)C)c1. The molecule has 0 unspecified atom stereocenters. The van der Waals surface area contributed by atoms with Crippen molar-refractivity contribution in [1.82, 2.24) is 4.90 Å². The third-order valence-corrected chi connectivity index (χ3v) is 3.03. The van der Waals surface area contributed by atoms with E-state index in [1.165, 1.54) is 6.92 Å². The number of nitrogens with zero attached hydrogens (tertiary/aromatic N) is 2. The standard InChI is InChI=1S/C15H22N2O3/c1-12(18)13-5-4-6-14(11-13)17(8-7-15(19)20)10-9-16(2)3/h4-6,11H,7-10H2,1-3H3,(H,19,20). The number of hydrogen-bond donors (Lipinski definition) is 1. The van der Waals surface area contributed by atoms with Gasteiger partial charge in [0.25, 0.3) is 0 Å². The van der Waals surface area contributed by atoms with Crippen molar-refractivity contribution in [1.29, 1.82) is 0 Å². The van der Waals surface area contributed by atoms with Crippen LogP contribution in [0, 0.1) is 0 Å². The van der Waals surface area contributed by atoms with Crippen molar-refractivity contribution >= 4 is 17.4 Å². The first-order valence-corrected chi connectivity index (χ1v) is 6.62. The lowest BCUT2D eigenvalue weighted by molar-refractivity contribution is -0.136. The second-order valence-corrected chi connectivity index (χ2v) is 5.04. The lowest BCUT2D eigenvalue weighted by atomic mass is 10.1. The Morgan fingerprint density at radius 1 is 1.15 bits per heavy atom. The van der Waals surface area contributed by atoms with Crippen LogP contribution in [0.25, 0.3) is 0 Å². The van der Waals surface area contributed by atoms with Crippen LogP contribution in [0.15, 0.2) is 24.3 Å². The molecule has 1 aromatic carbocycles. The van der Waals surface area contributed by atoms with Crippen molar-refractivity contribution in [2.75, 3.05) is 38.6 Å². The van der Waals surface area contributed by atoms with Crippen molar-refractivity contribution in [3.05, 3.63) is 29.8 Å². The van der Waals surface area contributed by atoms with Gasteiger partial charge in [0.15, 0.2) is 5.78 Å². The first-order chi connectivity index (χ1) is 9.40. The van der Waals surface area contributed by atoms with Crippen LogP contribution < -0.4 is 4.90 Å². The summed E-state index contributed by atoms with van der Waals surface area (Å²) < 4.78 is 0. The maximum Gasteiger partial charge on any atom is 0.305 e. The first-order valence-electron chi connectivity index (χ1n) is 6.62. The molecule has 0 saturated carbocycles. The molecule has 0 spiro atoms. The summed E-state index contributed by atoms with van der Waals surface area (Å²) in [5.41, 5.74) is 1.54. The highest BCUT2D eigenvalue weighted by molar-refractivity contribution is 5.95. The Kier molecular flexibility index (Phi) is 6.18. The van der Waals surface area contributed by atoms with Crippen molar-refractivity contribution in [2.45, 2.75) is 13.3 Å². The topological polar surface area (TPSA) is 60.9 Å². The van der Waals surface area contributed by atoms with E-state index in [1.54, 1.807) is 6.07 Å². The van der Waals surface area contributed by atoms with Crippen LogP contribution >= 0.6 is 0 Å². The van der Waals surface area contributed by atoms with E-state index < -0.39 is 5.97 Å². The zero-order valence-electron chi connectivity index (χ0n) is 12.3. The number of benzene rings is 1. The van der Waals surface area contributed by atoms with Gasteiger partial charge < -0.3 is 14.9 Å². The molecule has 0 saturated heterocycles. The van der Waals surface area contributed by atoms with Gasteiger partial charge in [-0.2, -0.15) is 0 Å². The molecule has 0 fully saturated rings. The maximum absolute atomic E-state index is 11.4. The molecule has 0 aliphatic heterocycles. The minimum atomic E-state index is -0.817. The molecule has 0 aliphatic carbocycles. The van der Waals surface area contributed by atoms with Crippen LogP contribution in [0.1, 0.15) is 23.7 Å². The highest BCUT2D eigenvalue weighted by atomic mass is 16.4. The van der Waals surface area contributed by atoms with Gasteiger partial charge in [-0.05, 0) is 33.2 Å². The number of carboxylic acids is 1. The largest absolute Gasteiger partial charge is 0.481 e. The number of hydrogen-bond acceptors (Lipinski definition) is 4. The van der Waals surface area contributed by atoms with Gasteiger partial charge in [0, 0.05) is 30.9 Å². The average Bonchev–Trinajstić information content (AvgIpc) is 2.38. The summed E-state index contributed by atoms with van der Waals surface area (Å²) in [6.07, 6.45) is 0.0811. The Hall–Kier alpha value is -1.88. The summed E-state index contributed by atoms with van der Waals surface area (Å²) in [5, 5.41) is 8.84. The van der Waals surface area contributed by atoms with E-state index in [1.807, 2.05) is 42.1 Å². The quantitative estimate of drug-likeness (QED) is 0.734. The lowest BCUT2D eigenvalue weighted by Gasteiger charge is -2.26. The predicted octanol–water partition coefficient (Wildman–Crippen LogP) is 1.73. The Morgan fingerprint density at radius 3 is 2.40 bits per heavy atom. The van der Waals surface area contributed by atoms with Crippen molar-refractivity contribution in [3.8, 4) is 0 Å². The van der Waals surface area contributed by atoms with Gasteiger partial charge in [0.1, 0.15) is 0 Å². The molecule has 0 aliphatic rings. The molecule has 0 bridgehead atoms. The molecular formula is C15H22N2O3. The van der Waals surface area contributed by atoms with Crippen molar-refractivity contribution in [3.63, 3.8) is 0 Å². The number of carbonyl (C=O) groups is 2. The second kappa shape index (κ2) is 7.65. The smallest absolute Gasteiger partial charge is 0.305 e. The Balaban J connectivity index is 2.87. The van der Waals surface area contributed by atoms with Gasteiger partial charge in [-0.3, -0.25) is 9.59 Å². The zero-order valence-corrected chi connectivity index (χ0v) is 12.3. The molecule has 1 N–H and O–H groups in total. The summed E-state index contributed by atoms with van der Waals surface area (Å²) in [6.45, 7) is 3.51. The third-order valence-electron chi connectivity index (χ3n) is 3.03. The fraction of sp³-hybridized carbons (Fsp3) is 0.467. The summed E-state index contributed by atoms with van der Waals surface area (Å²) >= 11 is 0. The van der Waals surface area contributed by atoms with Crippen LogP contribution in [0.5, 0.6) is 0 Å². The molecule has 0 amide bonds. The predicted molar refractivity (Wildman–Crippen MR) is 79.5 cm³/mol. The van der Waals surface area contributed by atoms with E-state index >= 15 is 0 Å². The fourth-order valence-corrected chi connectivity index (χ4v) is 1.84. The maximum atomic E-state index is 11.4. The van der Waals surface area contributed by atoms with Gasteiger partial charge in [-0.1, -0.05) is 12.1 Å². The van der Waals surface area contributed by atoms with Crippen LogP contribution in [0.4, 0.5) is 5.69 Å². The number of likely N-dealkylation sites (N-methyl/N-ethyl adjacent to an activating group) is 1. The number of rotatable bonds is 8. The third kappa shape index (κ3) is 5.40. The summed E-state index contributed by atoms with van der Waals surface area (Å²) in [4.78, 5) is 26.2. The highest BCUT2D eigenvalue weighted by Crippen LogP contribution is 2.17. The number of ketones is 1. The van der Waals surface area contributed by atoms with Gasteiger partial charge in [-0.25, -0.2) is 0 Å². The Morgan fingerprint density at radius 2 is 1.85 bits per heavy atom. The zero-order chi connectivity index (χ0) is 15.1. The van der Waals surface area contributed by atoms with Crippen LogP contribution in [-0.4, -0.2) is 55.5 Å². The molecule has 0 heterocycles. The second-order valence-electron chi connectivity index (χ2n) is 5.04. The molecule has 20 heavy (non-hydrogen) atoms. The minimum Gasteiger partial charge on any atom is -0.481 e. The van der Waals surface area contributed by atoms with E-state index in [9.17, 15) is 9.59 Å². The first kappa shape index (κ1) is 16.2. The molecule has 5 heteroatoms. The molecule has 0 aromatic heterocycles. The Labute approximate surface area is 119 Å². The monoisotopic (exact) mass is 278 g/mol. The van der Waals surface area contributed by atoms with Gasteiger partial charge >= 0.3 is 5.97 Å². The fourth-order valence-electron chi connectivity index (χ4n) is 1.84. The van der Waals surface area contributed by atoms with Crippen LogP contribution in [0.2, 0.25) is 0 Å². The van der Waals surface area contributed by atoms with E-state index in [4.69, 9.17) is 5.11 Å². The van der Waals surface area contributed by atoms with Gasteiger partial charge in [0.05, 0.1) is 6.42 Å². The molecule has 0 radical (unpaired) electrons. The number of carboxylic acid groups (broad SMARTS) is 1. The molecule has 0 atom stereocenters. The van der Waals surface area contributed by atoms with Crippen molar-refractivity contribution in [2.24, 2.45) is 0 Å². The summed E-state index contributed by atoms with van der Waals surface area (Å²) in [5.74, 6) is -0.805. The number of carbonyl (C=O) groups excluding carboxylic acids is 1. The van der Waals surface area contributed by atoms with E-state index in [0.717, 1.165) is 18.8 Å². The van der Waals surface area contributed by atoms with E-state index in [2.05, 4.69) is 0 Å². The Bertz CT molecular complexity index is 472. The van der Waals surface area contributed by atoms with Crippen molar-refractivity contribution < 1.29 is 14.7 Å². The van der Waals surface area contributed by atoms with Crippen LogP contribution in [0.3, 0.4) is 0 Å².